The summed E-state index contributed by atoms with van der Waals surface area (Å²) >= 11 is 1.62. The maximum absolute atomic E-state index is 13.7. The second-order valence-electron chi connectivity index (χ2n) is 9.47. The molecule has 8 heteroatoms. The Balaban J connectivity index is 1.46. The number of thioether (sulfide) groups is 1. The number of carbonyl (C=O) groups excluding carboxylic acids is 3. The molecule has 2 unspecified atom stereocenters. The number of fused-ring (bicyclic) bond motifs is 1. The van der Waals surface area contributed by atoms with Crippen LogP contribution in [0.4, 0.5) is 11.4 Å². The molecule has 178 valence electrons. The van der Waals surface area contributed by atoms with Gasteiger partial charge in [-0.3, -0.25) is 14.4 Å². The van der Waals surface area contributed by atoms with Gasteiger partial charge in [0.05, 0.1) is 23.2 Å². The highest BCUT2D eigenvalue weighted by atomic mass is 32.2. The molecule has 5 rings (SSSR count). The Kier molecular flexibility index (Phi) is 5.90. The molecule has 1 spiro atoms. The number of β-amino-alcohol motifs (C(OH)–C–C–N with tert-alkyl or cyclic N) is 1. The number of aryl methyl sites for hydroxylation is 2. The predicted octanol–water partition coefficient (Wildman–Crippen LogP) is 2.96. The topological polar surface area (TPSA) is 98.7 Å². The summed E-state index contributed by atoms with van der Waals surface area (Å²) in [5, 5.41) is 15.7. The zero-order valence-electron chi connectivity index (χ0n) is 19.3. The molecule has 34 heavy (non-hydrogen) atoms. The molecule has 3 heterocycles. The van der Waals surface area contributed by atoms with E-state index in [2.05, 4.69) is 10.6 Å². The lowest BCUT2D eigenvalue weighted by Crippen LogP contribution is -2.52. The molecule has 3 N–H and O–H groups in total. The Labute approximate surface area is 203 Å². The first-order valence-corrected chi connectivity index (χ1v) is 12.6. The highest BCUT2D eigenvalue weighted by Gasteiger charge is 2.73. The zero-order chi connectivity index (χ0) is 24.0. The molecular formula is C26H29N3O4S. The van der Waals surface area contributed by atoms with Crippen molar-refractivity contribution in [3.63, 3.8) is 0 Å². The number of hydrogen-bond donors (Lipinski definition) is 3. The number of likely N-dealkylation sites (tertiary alicyclic amines) is 1. The molecule has 3 aliphatic heterocycles. The highest BCUT2D eigenvalue weighted by Crippen LogP contribution is 2.66. The standard InChI is InChI=1S/C26H29N3O4S/c1-15-8-9-16(2)18(14-15)28-24(32)22-26-11-10-19(34-26)20(21(26)25(33)29(22)12-13-30)23(31)27-17-6-4-3-5-7-17/h3-9,14,19-22,30H,10-13H2,1-2H3,(H,27,31)(H,28,32)/t19-,20+,21+,22?,26?/m1/s1. The molecule has 7 nitrogen and oxygen atoms in total. The van der Waals surface area contributed by atoms with Gasteiger partial charge >= 0.3 is 0 Å². The van der Waals surface area contributed by atoms with E-state index in [1.165, 1.54) is 4.90 Å². The van der Waals surface area contributed by atoms with Gasteiger partial charge in [-0.25, -0.2) is 0 Å². The van der Waals surface area contributed by atoms with Crippen molar-refractivity contribution < 1.29 is 19.5 Å². The zero-order valence-corrected chi connectivity index (χ0v) is 20.1. The van der Waals surface area contributed by atoms with E-state index in [0.29, 0.717) is 12.1 Å². The van der Waals surface area contributed by atoms with Crippen molar-refractivity contribution in [1.82, 2.24) is 4.90 Å². The first-order valence-electron chi connectivity index (χ1n) is 11.7. The maximum atomic E-state index is 13.7. The van der Waals surface area contributed by atoms with Crippen LogP contribution < -0.4 is 10.6 Å². The van der Waals surface area contributed by atoms with Crippen LogP contribution in [0.15, 0.2) is 48.5 Å². The minimum Gasteiger partial charge on any atom is -0.395 e. The fourth-order valence-electron chi connectivity index (χ4n) is 5.92. The molecule has 5 atom stereocenters. The molecular weight excluding hydrogens is 450 g/mol. The Morgan fingerprint density at radius 3 is 2.62 bits per heavy atom. The fourth-order valence-corrected chi connectivity index (χ4v) is 8.14. The first kappa shape index (κ1) is 22.9. The van der Waals surface area contributed by atoms with Crippen molar-refractivity contribution in [2.24, 2.45) is 11.8 Å². The molecule has 3 saturated heterocycles. The first-order chi connectivity index (χ1) is 16.4. The van der Waals surface area contributed by atoms with Gasteiger partial charge in [-0.05, 0) is 56.0 Å². The predicted molar refractivity (Wildman–Crippen MR) is 133 cm³/mol. The SMILES string of the molecule is Cc1ccc(C)c(NC(=O)C2N(CCO)C(=O)[C@@H]3[C@@H](C(=O)Nc4ccccc4)[C@H]4CCC23S4)c1. The third-order valence-electron chi connectivity index (χ3n) is 7.38. The van der Waals surface area contributed by atoms with Gasteiger partial charge in [0, 0.05) is 23.2 Å². The number of benzene rings is 2. The lowest BCUT2D eigenvalue weighted by molar-refractivity contribution is -0.138. The smallest absolute Gasteiger partial charge is 0.248 e. The number of para-hydroxylation sites is 1. The molecule has 2 aromatic carbocycles. The average molecular weight is 480 g/mol. The van der Waals surface area contributed by atoms with Crippen LogP contribution in [0, 0.1) is 25.7 Å². The van der Waals surface area contributed by atoms with Crippen LogP contribution >= 0.6 is 11.8 Å². The van der Waals surface area contributed by atoms with E-state index in [4.69, 9.17) is 0 Å². The maximum Gasteiger partial charge on any atom is 0.248 e. The Hall–Kier alpha value is -2.84. The summed E-state index contributed by atoms with van der Waals surface area (Å²) in [6.45, 7) is 3.73. The van der Waals surface area contributed by atoms with Gasteiger partial charge in [0.2, 0.25) is 17.7 Å². The van der Waals surface area contributed by atoms with E-state index in [1.54, 1.807) is 11.8 Å². The summed E-state index contributed by atoms with van der Waals surface area (Å²) in [4.78, 5) is 42.2. The molecule has 2 bridgehead atoms. The number of aliphatic hydroxyl groups is 1. The molecule has 3 amide bonds. The number of aliphatic hydroxyl groups excluding tert-OH is 1. The number of rotatable bonds is 6. The molecule has 0 saturated carbocycles. The summed E-state index contributed by atoms with van der Waals surface area (Å²) in [6.07, 6.45) is 1.47. The van der Waals surface area contributed by atoms with Crippen molar-refractivity contribution in [2.75, 3.05) is 23.8 Å². The summed E-state index contributed by atoms with van der Waals surface area (Å²) in [5.74, 6) is -1.73. The number of anilines is 2. The van der Waals surface area contributed by atoms with Gasteiger partial charge in [-0.1, -0.05) is 30.3 Å². The van der Waals surface area contributed by atoms with Gasteiger partial charge in [0.25, 0.3) is 0 Å². The van der Waals surface area contributed by atoms with Gasteiger partial charge in [-0.2, -0.15) is 0 Å². The van der Waals surface area contributed by atoms with Gasteiger partial charge in [0.15, 0.2) is 0 Å². The van der Waals surface area contributed by atoms with Crippen molar-refractivity contribution in [2.45, 2.75) is 42.7 Å². The second-order valence-corrected chi connectivity index (χ2v) is 11.1. The Morgan fingerprint density at radius 1 is 1.12 bits per heavy atom. The van der Waals surface area contributed by atoms with Crippen LogP contribution in [0.2, 0.25) is 0 Å². The molecule has 3 aliphatic rings. The minimum atomic E-state index is -0.735. The minimum absolute atomic E-state index is 0.00931. The van der Waals surface area contributed by atoms with E-state index in [9.17, 15) is 19.5 Å². The van der Waals surface area contributed by atoms with Gasteiger partial charge in [-0.15, -0.1) is 11.8 Å². The summed E-state index contributed by atoms with van der Waals surface area (Å²) in [6, 6.07) is 14.4. The molecule has 0 aliphatic carbocycles. The van der Waals surface area contributed by atoms with Crippen molar-refractivity contribution in [3.8, 4) is 0 Å². The average Bonchev–Trinajstić information content (AvgIpc) is 3.45. The fraction of sp³-hybridized carbons (Fsp3) is 0.423. The molecule has 0 aromatic heterocycles. The third kappa shape index (κ3) is 3.60. The number of nitrogens with zero attached hydrogens (tertiary/aromatic N) is 1. The van der Waals surface area contributed by atoms with Crippen LogP contribution in [0.3, 0.4) is 0 Å². The van der Waals surface area contributed by atoms with Crippen molar-refractivity contribution >= 4 is 40.9 Å². The van der Waals surface area contributed by atoms with Crippen LogP contribution in [0.25, 0.3) is 0 Å². The lowest BCUT2D eigenvalue weighted by atomic mass is 9.70. The monoisotopic (exact) mass is 479 g/mol. The third-order valence-corrected chi connectivity index (χ3v) is 9.34. The Morgan fingerprint density at radius 2 is 1.88 bits per heavy atom. The normalized spacial score (nSPS) is 29.3. The number of carbonyl (C=O) groups is 3. The highest BCUT2D eigenvalue weighted by molar-refractivity contribution is 8.02. The van der Waals surface area contributed by atoms with Crippen molar-refractivity contribution in [1.29, 1.82) is 0 Å². The summed E-state index contributed by atoms with van der Waals surface area (Å²) in [7, 11) is 0. The van der Waals surface area contributed by atoms with Crippen LogP contribution in [0.5, 0.6) is 0 Å². The van der Waals surface area contributed by atoms with Gasteiger partial charge < -0.3 is 20.6 Å². The Bertz CT molecular complexity index is 1140. The van der Waals surface area contributed by atoms with E-state index in [-0.39, 0.29) is 36.1 Å². The van der Waals surface area contributed by atoms with Crippen LogP contribution in [-0.4, -0.2) is 56.9 Å². The van der Waals surface area contributed by atoms with Gasteiger partial charge in [0.1, 0.15) is 6.04 Å². The quantitative estimate of drug-likeness (QED) is 0.592. The van der Waals surface area contributed by atoms with Crippen molar-refractivity contribution in [3.05, 3.63) is 59.7 Å². The second kappa shape index (κ2) is 8.74. The molecule has 0 radical (unpaired) electrons. The van der Waals surface area contributed by atoms with Crippen LogP contribution in [0.1, 0.15) is 24.0 Å². The molecule has 3 fully saturated rings. The number of hydrogen-bond acceptors (Lipinski definition) is 5. The number of nitrogens with one attached hydrogen (secondary N) is 2. The molecule has 2 aromatic rings. The largest absolute Gasteiger partial charge is 0.395 e. The van der Waals surface area contributed by atoms with Crippen LogP contribution in [-0.2, 0) is 14.4 Å². The van der Waals surface area contributed by atoms with E-state index in [1.807, 2.05) is 62.4 Å². The van der Waals surface area contributed by atoms with E-state index in [0.717, 1.165) is 23.2 Å². The number of amides is 3. The van der Waals surface area contributed by atoms with E-state index >= 15 is 0 Å². The lowest BCUT2D eigenvalue weighted by Gasteiger charge is -2.34. The van der Waals surface area contributed by atoms with E-state index < -0.39 is 22.6 Å². The summed E-state index contributed by atoms with van der Waals surface area (Å²) in [5.41, 5.74) is 3.38. The summed E-state index contributed by atoms with van der Waals surface area (Å²) < 4.78 is -0.669.